The number of benzene rings is 2. The highest BCUT2D eigenvalue weighted by Crippen LogP contribution is 2.35. The number of likely N-dealkylation sites (N-methyl/N-ethyl adjacent to an activating group) is 1. The molecule has 8 nitrogen and oxygen atoms in total. The van der Waals surface area contributed by atoms with Crippen LogP contribution in [0.2, 0.25) is 5.02 Å². The zero-order valence-corrected chi connectivity index (χ0v) is 23.8. The first-order valence-electron chi connectivity index (χ1n) is 13.2. The molecule has 3 amide bonds. The fourth-order valence-electron chi connectivity index (χ4n) is 5.13. The van der Waals surface area contributed by atoms with Crippen molar-refractivity contribution in [2.75, 3.05) is 33.2 Å². The van der Waals surface area contributed by atoms with E-state index in [4.69, 9.17) is 21.1 Å². The van der Waals surface area contributed by atoms with Gasteiger partial charge in [-0.1, -0.05) is 17.7 Å². The lowest BCUT2D eigenvalue weighted by molar-refractivity contribution is -0.136. The number of rotatable bonds is 4. The van der Waals surface area contributed by atoms with Crippen LogP contribution >= 0.6 is 11.6 Å². The minimum absolute atomic E-state index is 0.0212. The molecule has 2 aromatic rings. The number of hydrogen-bond acceptors (Lipinski definition) is 5. The van der Waals surface area contributed by atoms with Crippen LogP contribution in [0.3, 0.4) is 0 Å². The van der Waals surface area contributed by atoms with Crippen molar-refractivity contribution in [3.63, 3.8) is 0 Å². The molecule has 2 saturated heterocycles. The molecule has 0 aromatic heterocycles. The van der Waals surface area contributed by atoms with Crippen LogP contribution < -0.4 is 4.74 Å². The van der Waals surface area contributed by atoms with Gasteiger partial charge in [0.25, 0.3) is 0 Å². The quantitative estimate of drug-likeness (QED) is 0.466. The number of carbonyl (C=O) groups is 3. The van der Waals surface area contributed by atoms with E-state index < -0.39 is 41.4 Å². The molecule has 40 heavy (non-hydrogen) atoms. The van der Waals surface area contributed by atoms with Crippen LogP contribution in [0.15, 0.2) is 42.5 Å². The number of nitrogens with zero attached hydrogens (tertiary/aromatic N) is 3. The first-order valence-corrected chi connectivity index (χ1v) is 13.6. The highest BCUT2D eigenvalue weighted by Gasteiger charge is 2.43. The number of hydrogen-bond donors (Lipinski definition) is 0. The van der Waals surface area contributed by atoms with E-state index in [2.05, 4.69) is 0 Å². The molecule has 2 aliphatic rings. The van der Waals surface area contributed by atoms with Crippen LogP contribution in [-0.4, -0.2) is 77.7 Å². The Kier molecular flexibility index (Phi) is 8.87. The Morgan fingerprint density at radius 1 is 0.975 bits per heavy atom. The number of piperidine rings is 1. The Morgan fingerprint density at radius 2 is 1.62 bits per heavy atom. The number of carbonyl (C=O) groups excluding carboxylic acids is 3. The van der Waals surface area contributed by atoms with Gasteiger partial charge in [-0.15, -0.1) is 0 Å². The van der Waals surface area contributed by atoms with Gasteiger partial charge in [0.15, 0.2) is 0 Å². The van der Waals surface area contributed by atoms with Crippen LogP contribution in [0.4, 0.5) is 18.4 Å². The van der Waals surface area contributed by atoms with E-state index in [1.165, 1.54) is 41.3 Å². The predicted octanol–water partition coefficient (Wildman–Crippen LogP) is 5.69. The van der Waals surface area contributed by atoms with Crippen molar-refractivity contribution in [3.8, 4) is 5.75 Å². The lowest BCUT2D eigenvalue weighted by Crippen LogP contribution is -2.46. The summed E-state index contributed by atoms with van der Waals surface area (Å²) in [6.45, 7) is 6.71. The van der Waals surface area contributed by atoms with E-state index in [1.54, 1.807) is 43.7 Å². The molecule has 4 rings (SSSR count). The van der Waals surface area contributed by atoms with Gasteiger partial charge in [-0.2, -0.15) is 0 Å². The molecule has 216 valence electrons. The molecule has 0 N–H and O–H groups in total. The first kappa shape index (κ1) is 29.6. The van der Waals surface area contributed by atoms with Crippen molar-refractivity contribution in [2.45, 2.75) is 51.2 Å². The van der Waals surface area contributed by atoms with Gasteiger partial charge in [-0.05, 0) is 75.6 Å². The maximum atomic E-state index is 14.4. The summed E-state index contributed by atoms with van der Waals surface area (Å²) in [4.78, 5) is 43.7. The van der Waals surface area contributed by atoms with Gasteiger partial charge in [-0.3, -0.25) is 4.79 Å². The summed E-state index contributed by atoms with van der Waals surface area (Å²) in [6.07, 6.45) is -0.106. The lowest BCUT2D eigenvalue weighted by atomic mass is 9.93. The summed E-state index contributed by atoms with van der Waals surface area (Å²) < 4.78 is 38.5. The second-order valence-corrected chi connectivity index (χ2v) is 11.7. The number of halogens is 3. The third-order valence-electron chi connectivity index (χ3n) is 7.27. The largest absolute Gasteiger partial charge is 0.444 e. The molecule has 0 saturated carbocycles. The lowest BCUT2D eigenvalue weighted by Gasteiger charge is -2.34. The monoisotopic (exact) mass is 577 g/mol. The average Bonchev–Trinajstić information content (AvgIpc) is 3.35. The summed E-state index contributed by atoms with van der Waals surface area (Å²) in [5.74, 6) is -1.64. The Hall–Kier alpha value is -3.40. The fourth-order valence-corrected chi connectivity index (χ4v) is 5.25. The Labute approximate surface area is 237 Å². The molecule has 0 spiro atoms. The summed E-state index contributed by atoms with van der Waals surface area (Å²) >= 11 is 5.90. The number of amides is 3. The zero-order chi connectivity index (χ0) is 29.2. The third kappa shape index (κ3) is 7.02. The van der Waals surface area contributed by atoms with Gasteiger partial charge >= 0.3 is 12.2 Å². The average molecular weight is 578 g/mol. The minimum Gasteiger partial charge on any atom is -0.444 e. The van der Waals surface area contributed by atoms with Gasteiger partial charge < -0.3 is 24.2 Å². The molecule has 2 heterocycles. The van der Waals surface area contributed by atoms with E-state index in [0.29, 0.717) is 31.5 Å². The fraction of sp³-hybridized carbons (Fsp3) is 0.483. The van der Waals surface area contributed by atoms with Crippen molar-refractivity contribution in [1.29, 1.82) is 0 Å². The molecule has 2 atom stereocenters. The first-order chi connectivity index (χ1) is 18.8. The van der Waals surface area contributed by atoms with Crippen molar-refractivity contribution in [1.82, 2.24) is 14.7 Å². The molecular formula is C29H34ClF2N3O5. The summed E-state index contributed by atoms with van der Waals surface area (Å²) in [5.41, 5.74) is -0.00248. The molecule has 2 aliphatic heterocycles. The van der Waals surface area contributed by atoms with Crippen LogP contribution in [0.1, 0.15) is 45.1 Å². The normalized spacial score (nSPS) is 19.9. The van der Waals surface area contributed by atoms with Gasteiger partial charge in [0.2, 0.25) is 5.91 Å². The van der Waals surface area contributed by atoms with Crippen molar-refractivity contribution in [3.05, 3.63) is 64.7 Å². The van der Waals surface area contributed by atoms with Crippen LogP contribution in [0, 0.1) is 17.6 Å². The highest BCUT2D eigenvalue weighted by atomic mass is 35.5. The van der Waals surface area contributed by atoms with Crippen molar-refractivity contribution >= 4 is 29.7 Å². The molecular weight excluding hydrogens is 544 g/mol. The van der Waals surface area contributed by atoms with E-state index in [1.807, 2.05) is 0 Å². The number of likely N-dealkylation sites (tertiary alicyclic amines) is 2. The van der Waals surface area contributed by atoms with E-state index in [-0.39, 0.29) is 35.7 Å². The SMILES string of the molecule is CN(C(=O)Oc1ccc(F)cc1)[C@@H]1CN(C(=O)C2CCN(C(=O)OC(C)(C)C)CC2)C[C@H]1c1ccc(Cl)c(F)c1. The molecule has 2 fully saturated rings. The van der Waals surface area contributed by atoms with Crippen LogP contribution in [-0.2, 0) is 9.53 Å². The molecule has 0 radical (unpaired) electrons. The molecule has 0 aliphatic carbocycles. The van der Waals surface area contributed by atoms with Gasteiger partial charge in [0.05, 0.1) is 11.1 Å². The molecule has 11 heteroatoms. The molecule has 0 unspecified atom stereocenters. The summed E-state index contributed by atoms with van der Waals surface area (Å²) in [5, 5.41) is -0.0212. The van der Waals surface area contributed by atoms with Gasteiger partial charge in [0, 0.05) is 45.1 Å². The predicted molar refractivity (Wildman–Crippen MR) is 145 cm³/mol. The van der Waals surface area contributed by atoms with Crippen molar-refractivity contribution < 1.29 is 32.6 Å². The topological polar surface area (TPSA) is 79.4 Å². The molecule has 2 aromatic carbocycles. The smallest absolute Gasteiger partial charge is 0.415 e. The maximum absolute atomic E-state index is 14.4. The standard InChI is InChI=1S/C29H34ClF2N3O5/c1-29(2,3)40-28(38)34-13-11-18(12-14-34)26(36)35-16-22(19-5-10-23(30)24(32)15-19)25(17-35)33(4)27(37)39-21-8-6-20(31)7-9-21/h5-10,15,18,22,25H,11-14,16-17H2,1-4H3/t22-,25+/m0/s1. The Balaban J connectivity index is 1.47. The molecule has 0 bridgehead atoms. The second kappa shape index (κ2) is 12.0. The second-order valence-electron chi connectivity index (χ2n) is 11.3. The highest BCUT2D eigenvalue weighted by molar-refractivity contribution is 6.30. The van der Waals surface area contributed by atoms with E-state index in [0.717, 1.165) is 0 Å². The zero-order valence-electron chi connectivity index (χ0n) is 23.0. The summed E-state index contributed by atoms with van der Waals surface area (Å²) in [7, 11) is 1.56. The van der Waals surface area contributed by atoms with Crippen LogP contribution in [0.25, 0.3) is 0 Å². The van der Waals surface area contributed by atoms with Gasteiger partial charge in [0.1, 0.15) is 23.0 Å². The van der Waals surface area contributed by atoms with Crippen LogP contribution in [0.5, 0.6) is 5.75 Å². The number of ether oxygens (including phenoxy) is 2. The minimum atomic E-state index is -0.684. The maximum Gasteiger partial charge on any atom is 0.415 e. The Bertz CT molecular complexity index is 1250. The third-order valence-corrected chi connectivity index (χ3v) is 7.58. The van der Waals surface area contributed by atoms with Gasteiger partial charge in [-0.25, -0.2) is 18.4 Å². The Morgan fingerprint density at radius 3 is 2.23 bits per heavy atom. The van der Waals surface area contributed by atoms with Crippen molar-refractivity contribution in [2.24, 2.45) is 5.92 Å². The van der Waals surface area contributed by atoms with E-state index in [9.17, 15) is 23.2 Å². The summed E-state index contributed by atoms with van der Waals surface area (Å²) in [6, 6.07) is 9.03. The van der Waals surface area contributed by atoms with E-state index >= 15 is 0 Å².